The number of thiazole rings is 1. The Morgan fingerprint density at radius 3 is 2.54 bits per heavy atom. The first-order chi connectivity index (χ1) is 17.7. The summed E-state index contributed by atoms with van der Waals surface area (Å²) in [4.78, 5) is 32.6. The molecule has 0 saturated carbocycles. The summed E-state index contributed by atoms with van der Waals surface area (Å²) in [5.74, 6) is -0.396. The van der Waals surface area contributed by atoms with Crippen LogP contribution in [0.2, 0.25) is 0 Å². The summed E-state index contributed by atoms with van der Waals surface area (Å²) < 4.78 is 41.6. The maximum atomic E-state index is 13.3. The van der Waals surface area contributed by atoms with Gasteiger partial charge in [-0.25, -0.2) is 4.98 Å². The van der Waals surface area contributed by atoms with Crippen molar-refractivity contribution in [3.63, 3.8) is 0 Å². The number of hydrogen-bond donors (Lipinski definition) is 1. The first kappa shape index (κ1) is 25.2. The van der Waals surface area contributed by atoms with E-state index in [1.807, 2.05) is 17.5 Å². The Morgan fingerprint density at radius 2 is 1.84 bits per heavy atom. The number of piperidine rings is 1. The van der Waals surface area contributed by atoms with Crippen molar-refractivity contribution in [2.75, 3.05) is 18.4 Å². The highest BCUT2D eigenvalue weighted by Crippen LogP contribution is 2.35. The Balaban J connectivity index is 1.21. The topological polar surface area (TPSA) is 80.1 Å². The van der Waals surface area contributed by atoms with E-state index in [-0.39, 0.29) is 23.1 Å². The number of nitrogens with zero attached hydrogens (tertiary/aromatic N) is 4. The van der Waals surface area contributed by atoms with E-state index >= 15 is 0 Å². The third kappa shape index (κ3) is 5.30. The number of likely N-dealkylation sites (tertiary alicyclic amines) is 1. The molecule has 3 aromatic heterocycles. The Kier molecular flexibility index (Phi) is 6.86. The van der Waals surface area contributed by atoms with Crippen molar-refractivity contribution in [3.8, 4) is 10.6 Å². The van der Waals surface area contributed by atoms with Crippen LogP contribution in [0.4, 0.5) is 19.0 Å². The number of anilines is 1. The van der Waals surface area contributed by atoms with Gasteiger partial charge in [0.25, 0.3) is 11.8 Å². The first-order valence-corrected chi connectivity index (χ1v) is 13.3. The highest BCUT2D eigenvalue weighted by molar-refractivity contribution is 7.13. The van der Waals surface area contributed by atoms with Crippen LogP contribution >= 0.6 is 22.7 Å². The van der Waals surface area contributed by atoms with Crippen LogP contribution in [0.25, 0.3) is 10.6 Å². The number of amides is 2. The highest BCUT2D eigenvalue weighted by atomic mass is 32.1. The van der Waals surface area contributed by atoms with Gasteiger partial charge in [0.05, 0.1) is 21.0 Å². The van der Waals surface area contributed by atoms with Crippen LogP contribution in [0, 0.1) is 0 Å². The molecule has 2 amide bonds. The van der Waals surface area contributed by atoms with Gasteiger partial charge in [0.1, 0.15) is 17.2 Å². The monoisotopic (exact) mass is 545 g/mol. The first-order valence-electron chi connectivity index (χ1n) is 11.5. The Hall–Kier alpha value is -3.51. The normalized spacial score (nSPS) is 14.6. The lowest BCUT2D eigenvalue weighted by molar-refractivity contribution is -0.138. The van der Waals surface area contributed by atoms with Gasteiger partial charge < -0.3 is 10.2 Å². The van der Waals surface area contributed by atoms with Gasteiger partial charge in [-0.1, -0.05) is 18.2 Å². The number of alkyl halides is 3. The zero-order valence-electron chi connectivity index (χ0n) is 19.7. The Morgan fingerprint density at radius 1 is 1.08 bits per heavy atom. The van der Waals surface area contributed by atoms with Gasteiger partial charge >= 0.3 is 6.18 Å². The molecular formula is C25H22F3N5O2S2. The molecule has 7 nitrogen and oxygen atoms in total. The number of carbonyl (C=O) groups is 2. The van der Waals surface area contributed by atoms with E-state index in [4.69, 9.17) is 0 Å². The van der Waals surface area contributed by atoms with Crippen molar-refractivity contribution < 1.29 is 22.8 Å². The van der Waals surface area contributed by atoms with Crippen LogP contribution in [0.3, 0.4) is 0 Å². The minimum absolute atomic E-state index is 0.0237. The van der Waals surface area contributed by atoms with Gasteiger partial charge in [0.15, 0.2) is 0 Å². The van der Waals surface area contributed by atoms with E-state index in [0.717, 1.165) is 21.6 Å². The summed E-state index contributed by atoms with van der Waals surface area (Å²) in [7, 11) is 1.75. The summed E-state index contributed by atoms with van der Waals surface area (Å²) in [6, 6.07) is 10.6. The molecule has 1 aliphatic rings. The van der Waals surface area contributed by atoms with Crippen LogP contribution < -0.4 is 5.32 Å². The third-order valence-corrected chi connectivity index (χ3v) is 8.14. The molecule has 4 aromatic rings. The molecule has 0 radical (unpaired) electrons. The SMILES string of the molecule is Cn1nc(-c2cccs2)cc1NC(=O)c1csc(C2CCN(C(=O)c3ccccc3C(F)(F)F)CC2)n1. The number of halogens is 3. The van der Waals surface area contributed by atoms with Gasteiger partial charge in [-0.15, -0.1) is 22.7 Å². The van der Waals surface area contributed by atoms with Gasteiger partial charge in [0.2, 0.25) is 0 Å². The molecule has 1 aliphatic heterocycles. The number of hydrogen-bond acceptors (Lipinski definition) is 6. The number of thiophene rings is 1. The predicted octanol–water partition coefficient (Wildman–Crippen LogP) is 5.90. The molecule has 0 atom stereocenters. The second kappa shape index (κ2) is 10.1. The number of rotatable bonds is 5. The fraction of sp³-hybridized carbons (Fsp3) is 0.280. The lowest BCUT2D eigenvalue weighted by Crippen LogP contribution is -2.38. The maximum Gasteiger partial charge on any atom is 0.417 e. The van der Waals surface area contributed by atoms with Gasteiger partial charge in [-0.3, -0.25) is 14.3 Å². The van der Waals surface area contributed by atoms with Crippen molar-refractivity contribution >= 4 is 40.3 Å². The average Bonchev–Trinajstić information content (AvgIpc) is 3.65. The van der Waals surface area contributed by atoms with E-state index in [1.54, 1.807) is 34.5 Å². The fourth-order valence-corrected chi connectivity index (χ4v) is 5.96. The zero-order valence-corrected chi connectivity index (χ0v) is 21.3. The second-order valence-electron chi connectivity index (χ2n) is 8.65. The molecule has 0 unspecified atom stereocenters. The average molecular weight is 546 g/mol. The van der Waals surface area contributed by atoms with Crippen molar-refractivity contribution in [2.24, 2.45) is 7.05 Å². The maximum absolute atomic E-state index is 13.3. The largest absolute Gasteiger partial charge is 0.417 e. The van der Waals surface area contributed by atoms with Gasteiger partial charge in [-0.2, -0.15) is 18.3 Å². The highest BCUT2D eigenvalue weighted by Gasteiger charge is 2.36. The lowest BCUT2D eigenvalue weighted by Gasteiger charge is -2.31. The minimum Gasteiger partial charge on any atom is -0.339 e. The quantitative estimate of drug-likeness (QED) is 0.339. The summed E-state index contributed by atoms with van der Waals surface area (Å²) in [5, 5.41) is 11.7. The fourth-order valence-electron chi connectivity index (χ4n) is 4.31. The Labute approximate surface area is 218 Å². The molecule has 5 rings (SSSR count). The standard InChI is InChI=1S/C25H22F3N5O2S2/c1-32-21(13-18(31-32)20-7-4-12-36-20)30-22(34)19-14-37-23(29-19)15-8-10-33(11-9-15)24(35)16-5-2-3-6-17(16)25(26,27)28/h2-7,12-15H,8-11H2,1H3,(H,30,34). The lowest BCUT2D eigenvalue weighted by atomic mass is 9.96. The number of carbonyl (C=O) groups excluding carboxylic acids is 2. The van der Waals surface area contributed by atoms with E-state index in [9.17, 15) is 22.8 Å². The minimum atomic E-state index is -4.59. The number of aryl methyl sites for hydroxylation is 1. The molecule has 1 fully saturated rings. The summed E-state index contributed by atoms with van der Waals surface area (Å²) in [6.07, 6.45) is -3.48. The molecule has 4 heterocycles. The van der Waals surface area contributed by atoms with Crippen LogP contribution in [0.5, 0.6) is 0 Å². The second-order valence-corrected chi connectivity index (χ2v) is 10.5. The van der Waals surface area contributed by atoms with Crippen molar-refractivity contribution in [1.29, 1.82) is 0 Å². The van der Waals surface area contributed by atoms with Crippen LogP contribution in [-0.4, -0.2) is 44.6 Å². The van der Waals surface area contributed by atoms with E-state index in [1.165, 1.54) is 34.4 Å². The number of nitrogens with one attached hydrogen (secondary N) is 1. The van der Waals surface area contributed by atoms with Crippen molar-refractivity contribution in [2.45, 2.75) is 24.9 Å². The Bertz CT molecular complexity index is 1420. The molecule has 0 spiro atoms. The third-order valence-electron chi connectivity index (χ3n) is 6.24. The van der Waals surface area contributed by atoms with Gasteiger partial charge in [-0.05, 0) is 36.4 Å². The molecule has 192 valence electrons. The van der Waals surface area contributed by atoms with E-state index in [0.29, 0.717) is 31.7 Å². The summed E-state index contributed by atoms with van der Waals surface area (Å²) in [5.41, 5.74) is -0.199. The smallest absolute Gasteiger partial charge is 0.339 e. The summed E-state index contributed by atoms with van der Waals surface area (Å²) in [6.45, 7) is 0.634. The number of aromatic nitrogens is 3. The molecule has 1 saturated heterocycles. The molecule has 37 heavy (non-hydrogen) atoms. The molecule has 0 aliphatic carbocycles. The van der Waals surface area contributed by atoms with Crippen LogP contribution in [-0.2, 0) is 13.2 Å². The van der Waals surface area contributed by atoms with E-state index < -0.39 is 17.6 Å². The zero-order chi connectivity index (χ0) is 26.2. The predicted molar refractivity (Wildman–Crippen MR) is 136 cm³/mol. The van der Waals surface area contributed by atoms with E-state index in [2.05, 4.69) is 15.4 Å². The molecular weight excluding hydrogens is 523 g/mol. The molecule has 1 aromatic carbocycles. The molecule has 1 N–H and O–H groups in total. The molecule has 0 bridgehead atoms. The van der Waals surface area contributed by atoms with Crippen LogP contribution in [0.1, 0.15) is 50.2 Å². The van der Waals surface area contributed by atoms with Gasteiger partial charge in [0, 0.05) is 37.5 Å². The summed E-state index contributed by atoms with van der Waals surface area (Å²) >= 11 is 2.93. The van der Waals surface area contributed by atoms with Crippen LogP contribution in [0.15, 0.2) is 53.2 Å². The van der Waals surface area contributed by atoms with Crippen molar-refractivity contribution in [1.82, 2.24) is 19.7 Å². The van der Waals surface area contributed by atoms with Crippen molar-refractivity contribution in [3.05, 3.63) is 75.1 Å². The number of benzene rings is 1. The molecule has 12 heteroatoms.